The molecule has 0 aliphatic heterocycles. The maximum Gasteiger partial charge on any atom is 0.251 e. The Hall–Kier alpha value is -5.19. The first-order valence-electron chi connectivity index (χ1n) is 17.3. The molecule has 0 unspecified atom stereocenters. The molecule has 0 saturated heterocycles. The molecule has 10 heteroatoms. The zero-order chi connectivity index (χ0) is 36.0. The minimum atomic E-state index is -1.28. The van der Waals surface area contributed by atoms with Crippen molar-refractivity contribution >= 4 is 24.9 Å². The molecule has 264 valence electrons. The number of anilines is 1. The fraction of sp³-hybridized carbons (Fsp3) is 0.293. The van der Waals surface area contributed by atoms with Crippen molar-refractivity contribution in [3.05, 3.63) is 136 Å². The second-order valence-electron chi connectivity index (χ2n) is 14.0. The van der Waals surface area contributed by atoms with Crippen LogP contribution in [0.2, 0.25) is 25.7 Å². The van der Waals surface area contributed by atoms with Crippen molar-refractivity contribution in [3.8, 4) is 22.9 Å². The highest BCUT2D eigenvalue weighted by atomic mass is 28.3. The summed E-state index contributed by atoms with van der Waals surface area (Å²) in [5.41, 5.74) is 7.49. The molecule has 0 N–H and O–H groups in total. The van der Waals surface area contributed by atoms with Gasteiger partial charge in [0.2, 0.25) is 0 Å². The van der Waals surface area contributed by atoms with Crippen molar-refractivity contribution in [1.82, 2.24) is 19.1 Å². The Morgan fingerprint density at radius 2 is 1.45 bits per heavy atom. The van der Waals surface area contributed by atoms with Gasteiger partial charge in [0.15, 0.2) is 0 Å². The Bertz CT molecular complexity index is 2070. The normalized spacial score (nSPS) is 11.6. The van der Waals surface area contributed by atoms with E-state index in [1.807, 2.05) is 48.5 Å². The number of pyridine rings is 3. The van der Waals surface area contributed by atoms with Gasteiger partial charge in [-0.25, -0.2) is 4.98 Å². The molecule has 0 atom stereocenters. The van der Waals surface area contributed by atoms with Crippen molar-refractivity contribution in [3.63, 3.8) is 0 Å². The number of nitrogens with zero attached hydrogens (tertiary/aromatic N) is 5. The highest BCUT2D eigenvalue weighted by molar-refractivity contribution is 6.76. The number of hydrogen-bond acceptors (Lipinski definition) is 7. The van der Waals surface area contributed by atoms with Crippen LogP contribution in [0.3, 0.4) is 0 Å². The molecule has 0 aliphatic rings. The van der Waals surface area contributed by atoms with E-state index < -0.39 is 8.07 Å². The van der Waals surface area contributed by atoms with E-state index in [0.717, 1.165) is 68.2 Å². The second kappa shape index (κ2) is 15.8. The Morgan fingerprint density at radius 3 is 2.04 bits per heavy atom. The van der Waals surface area contributed by atoms with E-state index in [9.17, 15) is 4.79 Å². The summed E-state index contributed by atoms with van der Waals surface area (Å²) in [6.07, 6.45) is 1.75. The summed E-state index contributed by atoms with van der Waals surface area (Å²) in [6, 6.07) is 32.8. The zero-order valence-electron chi connectivity index (χ0n) is 30.4. The number of rotatable bonds is 15. The third-order valence-corrected chi connectivity index (χ3v) is 10.7. The van der Waals surface area contributed by atoms with Gasteiger partial charge in [-0.2, -0.15) is 0 Å². The summed E-state index contributed by atoms with van der Waals surface area (Å²) in [7, 11) is 2.08. The number of hydrogen-bond donors (Lipinski definition) is 0. The number of methoxy groups -OCH3 is 2. The first-order chi connectivity index (χ1) is 24.6. The predicted molar refractivity (Wildman–Crippen MR) is 207 cm³/mol. The van der Waals surface area contributed by atoms with Crippen molar-refractivity contribution < 1.29 is 14.2 Å². The van der Waals surface area contributed by atoms with E-state index in [4.69, 9.17) is 19.2 Å². The molecule has 9 nitrogen and oxygen atoms in total. The maximum atomic E-state index is 13.4. The molecule has 51 heavy (non-hydrogen) atoms. The fourth-order valence-electron chi connectivity index (χ4n) is 6.15. The highest BCUT2D eigenvalue weighted by Gasteiger charge is 2.20. The van der Waals surface area contributed by atoms with E-state index in [-0.39, 0.29) is 5.56 Å². The molecule has 0 fully saturated rings. The fourth-order valence-corrected chi connectivity index (χ4v) is 6.90. The van der Waals surface area contributed by atoms with Gasteiger partial charge in [-0.1, -0.05) is 56.0 Å². The smallest absolute Gasteiger partial charge is 0.251 e. The number of benzene rings is 2. The van der Waals surface area contributed by atoms with Crippen LogP contribution in [0.4, 0.5) is 5.82 Å². The van der Waals surface area contributed by atoms with Crippen molar-refractivity contribution in [2.75, 3.05) is 25.7 Å². The van der Waals surface area contributed by atoms with Crippen LogP contribution >= 0.6 is 0 Å². The lowest BCUT2D eigenvalue weighted by Crippen LogP contribution is -2.24. The van der Waals surface area contributed by atoms with Crippen LogP contribution in [0.5, 0.6) is 11.5 Å². The first-order valence-corrected chi connectivity index (χ1v) is 21.0. The largest absolute Gasteiger partial charge is 0.497 e. The molecule has 0 saturated carbocycles. The van der Waals surface area contributed by atoms with Gasteiger partial charge in [-0.15, -0.1) is 0 Å². The van der Waals surface area contributed by atoms with E-state index >= 15 is 0 Å². The Kier molecular flexibility index (Phi) is 11.0. The Balaban J connectivity index is 1.42. The van der Waals surface area contributed by atoms with Crippen LogP contribution in [-0.2, 0) is 31.1 Å². The van der Waals surface area contributed by atoms with Crippen molar-refractivity contribution in [2.45, 2.75) is 59.0 Å². The van der Waals surface area contributed by atoms with Crippen LogP contribution in [0.25, 0.3) is 22.4 Å². The van der Waals surface area contributed by atoms with Crippen LogP contribution < -0.4 is 19.9 Å². The third kappa shape index (κ3) is 8.76. The van der Waals surface area contributed by atoms with Gasteiger partial charge in [0, 0.05) is 45.7 Å². The van der Waals surface area contributed by atoms with E-state index in [2.05, 4.69) is 77.4 Å². The lowest BCUT2D eigenvalue weighted by Gasteiger charge is -2.26. The van der Waals surface area contributed by atoms with Crippen LogP contribution in [0, 0.1) is 6.92 Å². The standard InChI is InChI=1S/C41H47N5O4Si/c1-30-24-39-37(43-41(30)44(26-31-13-17-34(48-2)18-14-31)27-32-15-19-35(49-3)20-16-32)25-33(46(39)29-50-22-23-51(4,5)6)28-45-38(11-9-12-40(45)47)36-10-7-8-21-42-36/h7-21,24-25H,22-23,26-29H2,1-6H3. The monoisotopic (exact) mass is 701 g/mol. The van der Waals surface area contributed by atoms with Crippen molar-refractivity contribution in [2.24, 2.45) is 0 Å². The number of aryl methyl sites for hydroxylation is 1. The van der Waals surface area contributed by atoms with E-state index in [1.165, 1.54) is 0 Å². The summed E-state index contributed by atoms with van der Waals surface area (Å²) in [5.74, 6) is 2.53. The number of ether oxygens (including phenoxy) is 3. The zero-order valence-corrected chi connectivity index (χ0v) is 31.4. The second-order valence-corrected chi connectivity index (χ2v) is 19.7. The van der Waals surface area contributed by atoms with Crippen molar-refractivity contribution in [1.29, 1.82) is 0 Å². The van der Waals surface area contributed by atoms with Crippen LogP contribution in [0.15, 0.2) is 108 Å². The molecule has 4 heterocycles. The minimum absolute atomic E-state index is 0.0930. The Labute approximate surface area is 301 Å². The van der Waals surface area contributed by atoms with Crippen LogP contribution in [-0.4, -0.2) is 48.0 Å². The summed E-state index contributed by atoms with van der Waals surface area (Å²) in [5, 5.41) is 0. The van der Waals surface area contributed by atoms with Gasteiger partial charge in [0.1, 0.15) is 24.0 Å². The summed E-state index contributed by atoms with van der Waals surface area (Å²) in [4.78, 5) is 25.6. The maximum absolute atomic E-state index is 13.4. The molecule has 6 aromatic rings. The summed E-state index contributed by atoms with van der Waals surface area (Å²) >= 11 is 0. The molecule has 0 radical (unpaired) electrons. The molecular weight excluding hydrogens is 655 g/mol. The first kappa shape index (κ1) is 35.6. The SMILES string of the molecule is COc1ccc(CN(Cc2ccc(OC)cc2)c2nc3cc(Cn4c(-c5ccccn5)cccc4=O)n(COCC[Si](C)(C)C)c3cc2C)cc1. The Morgan fingerprint density at radius 1 is 0.784 bits per heavy atom. The molecule has 2 aromatic carbocycles. The molecule has 0 bridgehead atoms. The van der Waals surface area contributed by atoms with Gasteiger partial charge in [0.25, 0.3) is 5.56 Å². The van der Waals surface area contributed by atoms with Gasteiger partial charge in [0.05, 0.1) is 43.2 Å². The van der Waals surface area contributed by atoms with Gasteiger partial charge >= 0.3 is 0 Å². The molecular formula is C41H47N5O4Si. The average Bonchev–Trinajstić information content (AvgIpc) is 3.46. The van der Waals surface area contributed by atoms with Gasteiger partial charge in [-0.3, -0.25) is 9.78 Å². The average molecular weight is 702 g/mol. The number of fused-ring (bicyclic) bond motifs is 1. The summed E-state index contributed by atoms with van der Waals surface area (Å²) in [6.45, 7) is 11.9. The quantitative estimate of drug-likeness (QED) is 0.0790. The molecule has 0 spiro atoms. The lowest BCUT2D eigenvalue weighted by molar-refractivity contribution is 0.0882. The molecule has 0 aliphatic carbocycles. The third-order valence-electron chi connectivity index (χ3n) is 9.01. The molecule has 4 aromatic heterocycles. The summed E-state index contributed by atoms with van der Waals surface area (Å²) < 4.78 is 21.1. The number of aromatic nitrogens is 4. The lowest BCUT2D eigenvalue weighted by atomic mass is 10.1. The van der Waals surface area contributed by atoms with Gasteiger partial charge in [-0.05, 0) is 84.3 Å². The highest BCUT2D eigenvalue weighted by Crippen LogP contribution is 2.30. The minimum Gasteiger partial charge on any atom is -0.497 e. The van der Waals surface area contributed by atoms with E-state index in [0.29, 0.717) is 33.0 Å². The van der Waals surface area contributed by atoms with E-state index in [1.54, 1.807) is 37.1 Å². The molecule has 6 rings (SSSR count). The topological polar surface area (TPSA) is 83.6 Å². The predicted octanol–water partition coefficient (Wildman–Crippen LogP) is 8.15. The van der Waals surface area contributed by atoms with Gasteiger partial charge < -0.3 is 28.2 Å². The van der Waals surface area contributed by atoms with Crippen LogP contribution in [0.1, 0.15) is 22.4 Å². The molecule has 0 amide bonds.